The van der Waals surface area contributed by atoms with Crippen molar-refractivity contribution in [2.24, 2.45) is 0 Å². The van der Waals surface area contributed by atoms with Gasteiger partial charge in [-0.25, -0.2) is 0 Å². The van der Waals surface area contributed by atoms with Crippen molar-refractivity contribution in [1.29, 1.82) is 5.26 Å². The first-order valence-corrected chi connectivity index (χ1v) is 2.51. The molecule has 0 aromatic carbocycles. The fraction of sp³-hybridized carbons (Fsp3) is 0.600. The molecule has 0 heterocycles. The van der Waals surface area contributed by atoms with Crippen LogP contribution in [-0.2, 0) is 4.65 Å². The van der Waals surface area contributed by atoms with Crippen molar-refractivity contribution in [3.63, 3.8) is 0 Å². The van der Waals surface area contributed by atoms with E-state index in [2.05, 4.69) is 4.65 Å². The van der Waals surface area contributed by atoms with Crippen LogP contribution in [0.5, 0.6) is 0 Å². The molecule has 3 heteroatoms. The van der Waals surface area contributed by atoms with Crippen LogP contribution in [0.2, 0.25) is 0 Å². The standard InChI is InChI=1S/C5H8BNO/c1-3-5(2)6-8-4-7/h3H2,1-2H3. The molecule has 0 bridgehead atoms. The topological polar surface area (TPSA) is 33.0 Å². The van der Waals surface area contributed by atoms with Crippen molar-refractivity contribution >= 4 is 12.6 Å². The Hall–Kier alpha value is -0.775. The van der Waals surface area contributed by atoms with E-state index in [9.17, 15) is 0 Å². The second-order valence-corrected chi connectivity index (χ2v) is 1.53. The minimum atomic E-state index is 0.932. The number of hydrogen-bond acceptors (Lipinski definition) is 2. The van der Waals surface area contributed by atoms with E-state index in [1.807, 2.05) is 13.8 Å². The van der Waals surface area contributed by atoms with Gasteiger partial charge < -0.3 is 0 Å². The number of hydrogen-bond donors (Lipinski definition) is 0. The average Bonchev–Trinajstić information content (AvgIpc) is 1.83. The molecule has 0 amide bonds. The molecule has 0 atom stereocenters. The van der Waals surface area contributed by atoms with Crippen LogP contribution in [0.1, 0.15) is 20.3 Å². The van der Waals surface area contributed by atoms with Gasteiger partial charge in [0.2, 0.25) is 0 Å². The molecule has 0 unspecified atom stereocenters. The van der Waals surface area contributed by atoms with Crippen molar-refractivity contribution in [2.75, 3.05) is 0 Å². The van der Waals surface area contributed by atoms with Gasteiger partial charge in [-0.05, 0) is 0 Å². The van der Waals surface area contributed by atoms with Crippen molar-refractivity contribution in [3.05, 3.63) is 0 Å². The van der Waals surface area contributed by atoms with Gasteiger partial charge in [-0.3, -0.25) is 0 Å². The number of nitriles is 1. The van der Waals surface area contributed by atoms with E-state index in [4.69, 9.17) is 5.26 Å². The normalized spacial score (nSPS) is 9.38. The monoisotopic (exact) mass is 109 g/mol. The molecule has 0 N–H and O–H groups in total. The van der Waals surface area contributed by atoms with Gasteiger partial charge in [-0.1, -0.05) is 0 Å². The summed E-state index contributed by atoms with van der Waals surface area (Å²) in [5.41, 5.74) is 1.08. The van der Waals surface area contributed by atoms with Crippen LogP contribution in [-0.4, -0.2) is 12.6 Å². The SMILES string of the molecule is CCC(C)=BOC#N. The first kappa shape index (κ1) is 7.22. The van der Waals surface area contributed by atoms with Crippen molar-refractivity contribution in [1.82, 2.24) is 0 Å². The molecule has 2 nitrogen and oxygen atoms in total. The Kier molecular flexibility index (Phi) is 3.96. The molecule has 0 aliphatic rings. The summed E-state index contributed by atoms with van der Waals surface area (Å²) in [6.45, 7) is 3.92. The van der Waals surface area contributed by atoms with E-state index in [0.717, 1.165) is 11.9 Å². The molecule has 0 spiro atoms. The van der Waals surface area contributed by atoms with Gasteiger partial charge in [0.1, 0.15) is 0 Å². The van der Waals surface area contributed by atoms with Crippen molar-refractivity contribution < 1.29 is 4.65 Å². The Bertz CT molecular complexity index is 125. The summed E-state index contributed by atoms with van der Waals surface area (Å²) >= 11 is 0. The van der Waals surface area contributed by atoms with Gasteiger partial charge in [0.25, 0.3) is 0 Å². The molecule has 0 aromatic heterocycles. The summed E-state index contributed by atoms with van der Waals surface area (Å²) in [5.74, 6) is 0. The molecular weight excluding hydrogens is 101 g/mol. The third-order valence-electron chi connectivity index (χ3n) is 0.870. The predicted molar refractivity (Wildman–Crippen MR) is 33.4 cm³/mol. The Balaban J connectivity index is 3.45. The molecule has 0 aliphatic heterocycles. The van der Waals surface area contributed by atoms with E-state index in [0.29, 0.717) is 0 Å². The Morgan fingerprint density at radius 1 is 1.88 bits per heavy atom. The zero-order valence-electron chi connectivity index (χ0n) is 5.14. The Morgan fingerprint density at radius 3 is 2.88 bits per heavy atom. The number of nitrogens with zero attached hydrogens (tertiary/aromatic N) is 1. The van der Waals surface area contributed by atoms with Gasteiger partial charge in [-0.2, -0.15) is 0 Å². The zero-order valence-corrected chi connectivity index (χ0v) is 5.14. The summed E-state index contributed by atoms with van der Waals surface area (Å²) in [6.07, 6.45) is 2.49. The number of rotatable bonds is 2. The maximum absolute atomic E-state index is 7.89. The summed E-state index contributed by atoms with van der Waals surface area (Å²) in [4.78, 5) is 0. The van der Waals surface area contributed by atoms with E-state index >= 15 is 0 Å². The maximum atomic E-state index is 7.89. The van der Waals surface area contributed by atoms with E-state index in [-0.39, 0.29) is 0 Å². The molecule has 0 aromatic rings. The van der Waals surface area contributed by atoms with Crippen LogP contribution < -0.4 is 0 Å². The van der Waals surface area contributed by atoms with Crippen LogP contribution in [0.4, 0.5) is 0 Å². The Morgan fingerprint density at radius 2 is 2.50 bits per heavy atom. The molecular formula is C5H8BNO. The van der Waals surface area contributed by atoms with Crippen LogP contribution in [0.25, 0.3) is 0 Å². The molecule has 0 saturated heterocycles. The van der Waals surface area contributed by atoms with Gasteiger partial charge in [0.05, 0.1) is 0 Å². The zero-order chi connectivity index (χ0) is 6.41. The summed E-state index contributed by atoms with van der Waals surface area (Å²) in [7, 11) is 1.46. The average molecular weight is 109 g/mol. The van der Waals surface area contributed by atoms with E-state index in [1.54, 1.807) is 6.26 Å². The van der Waals surface area contributed by atoms with Crippen LogP contribution >= 0.6 is 0 Å². The summed E-state index contributed by atoms with van der Waals surface area (Å²) < 4.78 is 4.33. The quantitative estimate of drug-likeness (QED) is 0.386. The van der Waals surface area contributed by atoms with Crippen LogP contribution in [0.15, 0.2) is 0 Å². The van der Waals surface area contributed by atoms with Gasteiger partial charge in [0.15, 0.2) is 0 Å². The third kappa shape index (κ3) is 3.42. The molecule has 0 aliphatic carbocycles. The van der Waals surface area contributed by atoms with Crippen molar-refractivity contribution in [2.45, 2.75) is 20.3 Å². The molecule has 0 saturated carbocycles. The first-order valence-electron chi connectivity index (χ1n) is 2.51. The Labute approximate surface area is 50.0 Å². The molecule has 8 heavy (non-hydrogen) atoms. The summed E-state index contributed by atoms with van der Waals surface area (Å²) in [5, 5.41) is 7.89. The first-order chi connectivity index (χ1) is 3.81. The predicted octanol–water partition coefficient (Wildman–Crippen LogP) is 0.706. The molecule has 0 rings (SSSR count). The molecule has 42 valence electrons. The van der Waals surface area contributed by atoms with Gasteiger partial charge >= 0.3 is 49.0 Å². The van der Waals surface area contributed by atoms with Gasteiger partial charge in [0, 0.05) is 0 Å². The molecule has 0 radical (unpaired) electrons. The minimum absolute atomic E-state index is 0.932. The van der Waals surface area contributed by atoms with Gasteiger partial charge in [-0.15, -0.1) is 0 Å². The molecule has 0 fully saturated rings. The van der Waals surface area contributed by atoms with Crippen molar-refractivity contribution in [3.8, 4) is 6.26 Å². The van der Waals surface area contributed by atoms with Crippen LogP contribution in [0.3, 0.4) is 0 Å². The van der Waals surface area contributed by atoms with E-state index < -0.39 is 0 Å². The fourth-order valence-electron chi connectivity index (χ4n) is 0.210. The van der Waals surface area contributed by atoms with Crippen LogP contribution in [0, 0.1) is 11.5 Å². The van der Waals surface area contributed by atoms with E-state index in [1.165, 1.54) is 7.12 Å². The third-order valence-corrected chi connectivity index (χ3v) is 0.870. The fourth-order valence-corrected chi connectivity index (χ4v) is 0.210. The second-order valence-electron chi connectivity index (χ2n) is 1.53. The second kappa shape index (κ2) is 4.39. The summed E-state index contributed by atoms with van der Waals surface area (Å²) in [6, 6.07) is 0.